The third-order valence-electron chi connectivity index (χ3n) is 6.84. The minimum absolute atomic E-state index is 0.0217. The van der Waals surface area contributed by atoms with Gasteiger partial charge in [0.15, 0.2) is 23.7 Å². The second-order valence-electron chi connectivity index (χ2n) is 8.79. The van der Waals surface area contributed by atoms with Crippen molar-refractivity contribution in [2.75, 3.05) is 23.3 Å². The van der Waals surface area contributed by atoms with Crippen LogP contribution in [-0.2, 0) is 0 Å². The highest BCUT2D eigenvalue weighted by Gasteiger charge is 2.56. The number of hydrogen-bond acceptors (Lipinski definition) is 8. The third-order valence-corrected chi connectivity index (χ3v) is 6.84. The Morgan fingerprint density at radius 3 is 2.83 bits per heavy atom. The van der Waals surface area contributed by atoms with Gasteiger partial charge in [0.05, 0.1) is 24.1 Å². The van der Waals surface area contributed by atoms with Crippen LogP contribution in [0.4, 0.5) is 24.7 Å². The fourth-order valence-corrected chi connectivity index (χ4v) is 4.74. The van der Waals surface area contributed by atoms with Gasteiger partial charge in [-0.3, -0.25) is 4.79 Å². The van der Waals surface area contributed by atoms with E-state index >= 15 is 0 Å². The number of nitrogens with one attached hydrogen (secondary N) is 1. The average molecular weight is 485 g/mol. The number of nitrogens with zero attached hydrogens (tertiary/aromatic N) is 4. The maximum Gasteiger partial charge on any atom is 0.263 e. The van der Waals surface area contributed by atoms with Crippen molar-refractivity contribution in [1.82, 2.24) is 15.2 Å². The molecule has 8 nitrogen and oxygen atoms in total. The number of phenolic OH excluding ortho intramolecular Hbond substituents is 1. The number of aromatic nitrogens is 3. The maximum atomic E-state index is 14.5. The monoisotopic (exact) mass is 485 g/mol. The number of alkyl halides is 2. The molecule has 0 amide bonds. The first kappa shape index (κ1) is 22.9. The maximum absolute atomic E-state index is 14.5. The van der Waals surface area contributed by atoms with E-state index < -0.39 is 29.6 Å². The predicted molar refractivity (Wildman–Crippen MR) is 122 cm³/mol. The van der Waals surface area contributed by atoms with Crippen molar-refractivity contribution >= 4 is 17.8 Å². The molecule has 1 saturated heterocycles. The van der Waals surface area contributed by atoms with Gasteiger partial charge in [-0.05, 0) is 43.2 Å². The number of pyridine rings is 1. The summed E-state index contributed by atoms with van der Waals surface area (Å²) in [4.78, 5) is 16.8. The molecule has 0 unspecified atom stereocenters. The molecule has 0 spiro atoms. The molecule has 2 aliphatic heterocycles. The number of benzene rings is 1. The molecule has 0 saturated carbocycles. The number of carbonyl (C=O) groups is 1. The van der Waals surface area contributed by atoms with Crippen molar-refractivity contribution in [2.45, 2.75) is 38.3 Å². The Bertz CT molecular complexity index is 1320. The van der Waals surface area contributed by atoms with Crippen molar-refractivity contribution in [3.8, 4) is 22.8 Å². The van der Waals surface area contributed by atoms with Gasteiger partial charge in [0.25, 0.3) is 6.43 Å². The van der Waals surface area contributed by atoms with Gasteiger partial charge in [0.1, 0.15) is 23.1 Å². The summed E-state index contributed by atoms with van der Waals surface area (Å²) < 4.78 is 49.1. The molecule has 3 aromatic rings. The zero-order chi connectivity index (χ0) is 24.9. The van der Waals surface area contributed by atoms with Crippen LogP contribution in [0.25, 0.3) is 11.3 Å². The largest absolute Gasteiger partial charge is 0.504 e. The van der Waals surface area contributed by atoms with Gasteiger partial charge in [0, 0.05) is 18.5 Å². The number of para-hydroxylation sites is 1. The van der Waals surface area contributed by atoms with E-state index in [0.717, 1.165) is 6.07 Å². The van der Waals surface area contributed by atoms with Crippen molar-refractivity contribution < 1.29 is 27.8 Å². The SMILES string of the molecule is Cc1c(O[C@H]2CN3c4cc(-c5cccc(F)c5O)nnc4NC[C@]3(C(F)F)C2)cnc(C=O)c1C. The minimum Gasteiger partial charge on any atom is -0.504 e. The highest BCUT2D eigenvalue weighted by Crippen LogP contribution is 2.46. The zero-order valence-corrected chi connectivity index (χ0v) is 18.9. The number of carbonyl (C=O) groups excluding carboxylic acids is 1. The van der Waals surface area contributed by atoms with Crippen LogP contribution in [0.2, 0.25) is 0 Å². The number of aldehydes is 1. The van der Waals surface area contributed by atoms with Crippen LogP contribution in [-0.4, -0.2) is 57.7 Å². The summed E-state index contributed by atoms with van der Waals surface area (Å²) in [5, 5.41) is 21.2. The first-order chi connectivity index (χ1) is 16.7. The first-order valence-corrected chi connectivity index (χ1v) is 11.0. The van der Waals surface area contributed by atoms with Crippen molar-refractivity contribution in [1.29, 1.82) is 0 Å². The molecule has 2 atom stereocenters. The summed E-state index contributed by atoms with van der Waals surface area (Å²) in [5.41, 5.74) is 0.724. The molecule has 35 heavy (non-hydrogen) atoms. The standard InChI is InChI=1S/C24H22F3N5O3/c1-12-13(2)20(8-28-18(12)10-33)35-14-7-24(23(26)27)11-29-22-19(32(24)9-14)6-17(30-31-22)15-4-3-5-16(25)21(15)34/h3-6,8,10,14,23,34H,7,9,11H2,1-2H3,(H,29,31)/t14-,24+/m1/s1. The highest BCUT2D eigenvalue weighted by molar-refractivity contribution is 5.78. The normalized spacial score (nSPS) is 20.9. The first-order valence-electron chi connectivity index (χ1n) is 11.0. The van der Waals surface area contributed by atoms with Gasteiger partial charge in [0.2, 0.25) is 0 Å². The third kappa shape index (κ3) is 3.62. The Hall–Kier alpha value is -3.89. The number of phenols is 1. The summed E-state index contributed by atoms with van der Waals surface area (Å²) in [6.07, 6.45) is -1.20. The number of rotatable bonds is 5. The topological polar surface area (TPSA) is 100 Å². The van der Waals surface area contributed by atoms with Crippen LogP contribution in [0.5, 0.6) is 11.5 Å². The van der Waals surface area contributed by atoms with Gasteiger partial charge in [-0.1, -0.05) is 6.07 Å². The molecule has 5 rings (SSSR count). The summed E-state index contributed by atoms with van der Waals surface area (Å²) in [5.74, 6) is -0.679. The van der Waals surface area contributed by atoms with Crippen LogP contribution >= 0.6 is 0 Å². The molecule has 1 aromatic carbocycles. The number of hydrogen-bond donors (Lipinski definition) is 2. The molecule has 2 aromatic heterocycles. The van der Waals surface area contributed by atoms with Gasteiger partial charge in [-0.25, -0.2) is 18.2 Å². The summed E-state index contributed by atoms with van der Waals surface area (Å²) in [6, 6.07) is 5.51. The van der Waals surface area contributed by atoms with E-state index in [4.69, 9.17) is 4.74 Å². The van der Waals surface area contributed by atoms with Gasteiger partial charge < -0.3 is 20.1 Å². The van der Waals surface area contributed by atoms with E-state index in [1.807, 2.05) is 0 Å². The van der Waals surface area contributed by atoms with Crippen LogP contribution < -0.4 is 15.0 Å². The molecule has 0 radical (unpaired) electrons. The summed E-state index contributed by atoms with van der Waals surface area (Å²) in [7, 11) is 0. The minimum atomic E-state index is -2.71. The van der Waals surface area contributed by atoms with E-state index in [-0.39, 0.29) is 30.8 Å². The quantitative estimate of drug-likeness (QED) is 0.525. The van der Waals surface area contributed by atoms with Gasteiger partial charge in [-0.15, -0.1) is 10.2 Å². The number of fused-ring (bicyclic) bond motifs is 3. The van der Waals surface area contributed by atoms with E-state index in [9.17, 15) is 23.1 Å². The Morgan fingerprint density at radius 1 is 1.29 bits per heavy atom. The Kier molecular flexibility index (Phi) is 5.49. The van der Waals surface area contributed by atoms with Gasteiger partial charge in [-0.2, -0.15) is 0 Å². The molecule has 0 aliphatic carbocycles. The van der Waals surface area contributed by atoms with Crippen LogP contribution in [0.15, 0.2) is 30.5 Å². The number of anilines is 2. The second kappa shape index (κ2) is 8.40. The fourth-order valence-electron chi connectivity index (χ4n) is 4.74. The van der Waals surface area contributed by atoms with E-state index in [0.29, 0.717) is 40.4 Å². The number of aromatic hydroxyl groups is 1. The molecular formula is C24H22F3N5O3. The van der Waals surface area contributed by atoms with Crippen molar-refractivity contribution in [3.63, 3.8) is 0 Å². The summed E-state index contributed by atoms with van der Waals surface area (Å²) >= 11 is 0. The van der Waals surface area contributed by atoms with Crippen LogP contribution in [0.1, 0.15) is 28.0 Å². The molecule has 11 heteroatoms. The Morgan fingerprint density at radius 2 is 2.09 bits per heavy atom. The Labute approximate surface area is 198 Å². The number of ether oxygens (including phenoxy) is 1. The Balaban J connectivity index is 1.51. The summed E-state index contributed by atoms with van der Waals surface area (Å²) in [6.45, 7) is 3.60. The molecule has 2 N–H and O–H groups in total. The van der Waals surface area contributed by atoms with Crippen LogP contribution in [0, 0.1) is 19.7 Å². The lowest BCUT2D eigenvalue weighted by Gasteiger charge is -2.43. The second-order valence-corrected chi connectivity index (χ2v) is 8.79. The molecule has 1 fully saturated rings. The number of halogens is 3. The molecule has 182 valence electrons. The molecule has 4 heterocycles. The lowest BCUT2D eigenvalue weighted by molar-refractivity contribution is 0.0531. The average Bonchev–Trinajstić information content (AvgIpc) is 3.24. The zero-order valence-electron chi connectivity index (χ0n) is 18.9. The van der Waals surface area contributed by atoms with E-state index in [2.05, 4.69) is 20.5 Å². The van der Waals surface area contributed by atoms with E-state index in [1.165, 1.54) is 24.4 Å². The van der Waals surface area contributed by atoms with Crippen molar-refractivity contribution in [2.24, 2.45) is 0 Å². The van der Waals surface area contributed by atoms with Crippen molar-refractivity contribution in [3.05, 3.63) is 53.1 Å². The predicted octanol–water partition coefficient (Wildman–Crippen LogP) is 3.90. The lowest BCUT2D eigenvalue weighted by atomic mass is 9.93. The van der Waals surface area contributed by atoms with E-state index in [1.54, 1.807) is 18.7 Å². The fraction of sp³-hybridized carbons (Fsp3) is 0.333. The smallest absolute Gasteiger partial charge is 0.263 e. The molecule has 2 aliphatic rings. The molecule has 0 bridgehead atoms. The molecular weight excluding hydrogens is 463 g/mol. The van der Waals surface area contributed by atoms with Crippen LogP contribution in [0.3, 0.4) is 0 Å². The highest BCUT2D eigenvalue weighted by atomic mass is 19.3. The lowest BCUT2D eigenvalue weighted by Crippen LogP contribution is -2.57. The van der Waals surface area contributed by atoms with Gasteiger partial charge >= 0.3 is 0 Å².